The molecule has 0 N–H and O–H groups in total. The summed E-state index contributed by atoms with van der Waals surface area (Å²) in [5.74, 6) is 1.10. The van der Waals surface area contributed by atoms with Gasteiger partial charge in [-0.3, -0.25) is 9.59 Å². The molecule has 0 spiro atoms. The van der Waals surface area contributed by atoms with Crippen LogP contribution in [0.1, 0.15) is 56.7 Å². The molecule has 2 heterocycles. The highest BCUT2D eigenvalue weighted by Gasteiger charge is 2.35. The zero-order valence-corrected chi connectivity index (χ0v) is 20.3. The molecule has 2 amide bonds. The molecule has 1 aliphatic heterocycles. The third-order valence-corrected chi connectivity index (χ3v) is 6.55. The molecule has 2 aromatic rings. The van der Waals surface area contributed by atoms with E-state index in [0.717, 1.165) is 17.7 Å². The minimum absolute atomic E-state index is 0.00378. The van der Waals surface area contributed by atoms with Crippen LogP contribution in [0.4, 0.5) is 0 Å². The van der Waals surface area contributed by atoms with Crippen LogP contribution in [0.2, 0.25) is 0 Å². The molecular formula is C25H34N2O3S. The van der Waals surface area contributed by atoms with Crippen molar-refractivity contribution in [2.75, 3.05) is 26.7 Å². The Kier molecular flexibility index (Phi) is 7.10. The maximum absolute atomic E-state index is 13.6. The zero-order chi connectivity index (χ0) is 22.8. The number of hydrogen-bond donors (Lipinski definition) is 0. The average Bonchev–Trinajstić information content (AvgIpc) is 3.20. The van der Waals surface area contributed by atoms with Crippen LogP contribution >= 0.6 is 11.3 Å². The quantitative estimate of drug-likeness (QED) is 0.648. The highest BCUT2D eigenvalue weighted by atomic mass is 32.1. The number of ether oxygens (including phenoxy) is 1. The number of rotatable bonds is 6. The molecule has 6 heteroatoms. The van der Waals surface area contributed by atoms with E-state index < -0.39 is 5.41 Å². The van der Waals surface area contributed by atoms with E-state index in [0.29, 0.717) is 19.0 Å². The monoisotopic (exact) mass is 442 g/mol. The van der Waals surface area contributed by atoms with Crippen LogP contribution in [0.15, 0.2) is 35.7 Å². The summed E-state index contributed by atoms with van der Waals surface area (Å²) in [5, 5.41) is 2.10. The van der Waals surface area contributed by atoms with E-state index in [-0.39, 0.29) is 24.4 Å². The first-order valence-corrected chi connectivity index (χ1v) is 11.8. The summed E-state index contributed by atoms with van der Waals surface area (Å²) in [4.78, 5) is 31.6. The molecule has 1 unspecified atom stereocenters. The third-order valence-electron chi connectivity index (χ3n) is 5.56. The Labute approximate surface area is 190 Å². The lowest BCUT2D eigenvalue weighted by Crippen LogP contribution is -2.49. The van der Waals surface area contributed by atoms with E-state index >= 15 is 0 Å². The average molecular weight is 443 g/mol. The number of hydrogen-bond acceptors (Lipinski definition) is 4. The van der Waals surface area contributed by atoms with E-state index in [9.17, 15) is 9.59 Å². The number of methoxy groups -OCH3 is 1. The molecule has 0 fully saturated rings. The zero-order valence-electron chi connectivity index (χ0n) is 19.5. The highest BCUT2D eigenvalue weighted by Crippen LogP contribution is 2.38. The van der Waals surface area contributed by atoms with Crippen LogP contribution in [-0.4, -0.2) is 48.4 Å². The van der Waals surface area contributed by atoms with Crippen molar-refractivity contribution >= 4 is 23.2 Å². The largest absolute Gasteiger partial charge is 0.497 e. The predicted molar refractivity (Wildman–Crippen MR) is 125 cm³/mol. The number of benzene rings is 1. The molecule has 1 aliphatic rings. The summed E-state index contributed by atoms with van der Waals surface area (Å²) in [6.07, 6.45) is 0.850. The van der Waals surface area contributed by atoms with Gasteiger partial charge >= 0.3 is 0 Å². The minimum atomic E-state index is -0.521. The number of carbonyl (C=O) groups excluding carboxylic acids is 2. The van der Waals surface area contributed by atoms with Gasteiger partial charge in [0.25, 0.3) is 0 Å². The van der Waals surface area contributed by atoms with Crippen LogP contribution in [0.25, 0.3) is 0 Å². The van der Waals surface area contributed by atoms with E-state index in [1.165, 1.54) is 10.4 Å². The molecular weight excluding hydrogens is 408 g/mol. The van der Waals surface area contributed by atoms with Gasteiger partial charge in [-0.1, -0.05) is 46.8 Å². The number of fused-ring (bicyclic) bond motifs is 1. The Hall–Kier alpha value is -2.34. The third kappa shape index (κ3) is 5.29. The van der Waals surface area contributed by atoms with Crippen LogP contribution < -0.4 is 4.74 Å². The van der Waals surface area contributed by atoms with Gasteiger partial charge in [-0.2, -0.15) is 0 Å². The molecule has 0 aliphatic carbocycles. The van der Waals surface area contributed by atoms with Gasteiger partial charge < -0.3 is 14.5 Å². The molecule has 0 bridgehead atoms. The molecule has 0 saturated carbocycles. The normalized spacial score (nSPS) is 16.2. The lowest BCUT2D eigenvalue weighted by atomic mass is 9.92. The number of carbonyl (C=O) groups is 2. The van der Waals surface area contributed by atoms with Gasteiger partial charge in [0.05, 0.1) is 19.7 Å². The van der Waals surface area contributed by atoms with Crippen LogP contribution in [0.3, 0.4) is 0 Å². The summed E-state index contributed by atoms with van der Waals surface area (Å²) in [6, 6.07) is 9.92. The summed E-state index contributed by atoms with van der Waals surface area (Å²) >= 11 is 1.75. The first-order chi connectivity index (χ1) is 14.6. The Morgan fingerprint density at radius 2 is 1.87 bits per heavy atom. The van der Waals surface area contributed by atoms with E-state index in [4.69, 9.17) is 4.74 Å². The molecule has 31 heavy (non-hydrogen) atoms. The van der Waals surface area contributed by atoms with Gasteiger partial charge in [0.2, 0.25) is 11.8 Å². The van der Waals surface area contributed by atoms with Crippen molar-refractivity contribution in [2.45, 2.75) is 47.1 Å². The van der Waals surface area contributed by atoms with Gasteiger partial charge in [0.1, 0.15) is 5.75 Å². The molecule has 0 saturated heterocycles. The summed E-state index contributed by atoms with van der Waals surface area (Å²) < 4.78 is 5.31. The Morgan fingerprint density at radius 1 is 1.19 bits per heavy atom. The summed E-state index contributed by atoms with van der Waals surface area (Å²) in [7, 11) is 1.65. The van der Waals surface area contributed by atoms with Gasteiger partial charge in [0.15, 0.2) is 0 Å². The van der Waals surface area contributed by atoms with Crippen molar-refractivity contribution in [3.8, 4) is 5.75 Å². The Balaban J connectivity index is 1.90. The number of amides is 2. The smallest absolute Gasteiger partial charge is 0.242 e. The van der Waals surface area contributed by atoms with Gasteiger partial charge in [0, 0.05) is 23.4 Å². The fourth-order valence-corrected chi connectivity index (χ4v) is 5.02. The maximum Gasteiger partial charge on any atom is 0.242 e. The maximum atomic E-state index is 13.6. The lowest BCUT2D eigenvalue weighted by molar-refractivity contribution is -0.146. The lowest BCUT2D eigenvalue weighted by Gasteiger charge is -2.38. The highest BCUT2D eigenvalue weighted by molar-refractivity contribution is 7.10. The van der Waals surface area contributed by atoms with Crippen LogP contribution in [0, 0.1) is 11.3 Å². The fourth-order valence-electron chi connectivity index (χ4n) is 4.12. The van der Waals surface area contributed by atoms with E-state index in [2.05, 4.69) is 25.3 Å². The molecule has 1 aromatic heterocycles. The van der Waals surface area contributed by atoms with Crippen molar-refractivity contribution < 1.29 is 14.3 Å². The van der Waals surface area contributed by atoms with E-state index in [1.807, 2.05) is 49.9 Å². The van der Waals surface area contributed by atoms with E-state index in [1.54, 1.807) is 23.3 Å². The van der Waals surface area contributed by atoms with Crippen molar-refractivity contribution in [2.24, 2.45) is 11.3 Å². The Morgan fingerprint density at radius 3 is 2.45 bits per heavy atom. The van der Waals surface area contributed by atoms with Gasteiger partial charge in [-0.15, -0.1) is 11.3 Å². The Bertz CT molecular complexity index is 912. The van der Waals surface area contributed by atoms with Crippen LogP contribution in [0.5, 0.6) is 5.75 Å². The van der Waals surface area contributed by atoms with Gasteiger partial charge in [-0.05, 0) is 47.0 Å². The number of thiophene rings is 1. The fraction of sp³-hybridized carbons (Fsp3) is 0.520. The van der Waals surface area contributed by atoms with Crippen LogP contribution in [-0.2, 0) is 16.0 Å². The summed E-state index contributed by atoms with van der Waals surface area (Å²) in [5.41, 5.74) is 1.73. The van der Waals surface area contributed by atoms with Crippen molar-refractivity contribution in [3.63, 3.8) is 0 Å². The number of nitrogens with zero attached hydrogens (tertiary/aromatic N) is 2. The second-order valence-corrected chi connectivity index (χ2v) is 10.6. The molecule has 1 atom stereocenters. The van der Waals surface area contributed by atoms with Crippen molar-refractivity contribution in [3.05, 3.63) is 51.7 Å². The molecule has 3 rings (SSSR count). The minimum Gasteiger partial charge on any atom is -0.497 e. The first kappa shape index (κ1) is 23.3. The van der Waals surface area contributed by atoms with Crippen molar-refractivity contribution in [1.82, 2.24) is 9.80 Å². The topological polar surface area (TPSA) is 49.9 Å². The second kappa shape index (κ2) is 9.43. The SMILES string of the molecule is COc1ccc(C2c3ccsc3CCN2C(=O)CN(CC(C)C)C(=O)C(C)(C)C)cc1. The van der Waals surface area contributed by atoms with Crippen molar-refractivity contribution in [1.29, 1.82) is 0 Å². The molecule has 5 nitrogen and oxygen atoms in total. The standard InChI is InChI=1S/C25H34N2O3S/c1-17(2)15-26(24(29)25(3,4)5)16-22(28)27-13-11-21-20(12-14-31-21)23(27)18-7-9-19(30-6)10-8-18/h7-10,12,14,17,23H,11,13,15-16H2,1-6H3. The summed E-state index contributed by atoms with van der Waals surface area (Å²) in [6.45, 7) is 11.2. The molecule has 0 radical (unpaired) electrons. The molecule has 168 valence electrons. The van der Waals surface area contributed by atoms with Gasteiger partial charge in [-0.25, -0.2) is 0 Å². The second-order valence-electron chi connectivity index (χ2n) is 9.64. The molecule has 1 aromatic carbocycles. The predicted octanol–water partition coefficient (Wildman–Crippen LogP) is 4.76. The first-order valence-electron chi connectivity index (χ1n) is 10.9.